The van der Waals surface area contributed by atoms with Gasteiger partial charge in [-0.25, -0.2) is 4.99 Å². The summed E-state index contributed by atoms with van der Waals surface area (Å²) in [5.74, 6) is 4.42. The lowest BCUT2D eigenvalue weighted by Gasteiger charge is -2.38. The van der Waals surface area contributed by atoms with Gasteiger partial charge in [-0.05, 0) is 34.1 Å². The number of benzene rings is 4. The summed E-state index contributed by atoms with van der Waals surface area (Å²) in [6, 6.07) is 31.1. The molecule has 0 atom stereocenters. The van der Waals surface area contributed by atoms with E-state index in [2.05, 4.69) is 126 Å². The first kappa shape index (κ1) is 29.3. The van der Waals surface area contributed by atoms with Gasteiger partial charge in [-0.3, -0.25) is 0 Å². The summed E-state index contributed by atoms with van der Waals surface area (Å²) in [4.78, 5) is 5.35. The Hall–Kier alpha value is -3.65. The van der Waals surface area contributed by atoms with Crippen molar-refractivity contribution in [3.63, 3.8) is 0 Å². The number of aliphatic imine (C=N–C) groups is 1. The van der Waals surface area contributed by atoms with Crippen LogP contribution < -0.4 is 4.74 Å². The first-order valence-electron chi connectivity index (χ1n) is 14.2. The SMILES string of the molecule is COCOc1cc(N=C(c2ccccc2)c2ccccc2)c2c(C#C[Si](C(C)C)(C(C)C)C(C)C)cccc2c1. The summed E-state index contributed by atoms with van der Waals surface area (Å²) < 4.78 is 11.1. The van der Waals surface area contributed by atoms with Crippen molar-refractivity contribution in [3.05, 3.63) is 108 Å². The normalized spacial score (nSPS) is 11.6. The molecule has 0 saturated heterocycles. The third-order valence-corrected chi connectivity index (χ3v) is 14.2. The van der Waals surface area contributed by atoms with E-state index in [0.717, 1.165) is 38.9 Å². The molecule has 0 aliphatic carbocycles. The first-order chi connectivity index (χ1) is 19.3. The molecule has 0 spiro atoms. The van der Waals surface area contributed by atoms with Crippen LogP contribution >= 0.6 is 0 Å². The molecule has 4 rings (SSSR count). The fourth-order valence-corrected chi connectivity index (χ4v) is 11.2. The van der Waals surface area contributed by atoms with Crippen LogP contribution in [0.25, 0.3) is 10.8 Å². The van der Waals surface area contributed by atoms with E-state index in [1.165, 1.54) is 0 Å². The molecule has 3 nitrogen and oxygen atoms in total. The maximum atomic E-state index is 5.92. The van der Waals surface area contributed by atoms with E-state index >= 15 is 0 Å². The third-order valence-electron chi connectivity index (χ3n) is 7.88. The second kappa shape index (κ2) is 13.1. The maximum Gasteiger partial charge on any atom is 0.188 e. The van der Waals surface area contributed by atoms with Crippen LogP contribution in [0, 0.1) is 11.5 Å². The number of methoxy groups -OCH3 is 1. The molecule has 0 fully saturated rings. The summed E-state index contributed by atoms with van der Waals surface area (Å²) in [6.07, 6.45) is 0. The highest BCUT2D eigenvalue weighted by Crippen LogP contribution is 2.41. The highest BCUT2D eigenvalue weighted by molar-refractivity contribution is 6.90. The summed E-state index contributed by atoms with van der Waals surface area (Å²) in [6.45, 7) is 14.3. The average molecular weight is 548 g/mol. The molecule has 0 N–H and O–H groups in total. The lowest BCUT2D eigenvalue weighted by Crippen LogP contribution is -2.43. The van der Waals surface area contributed by atoms with Gasteiger partial charge in [0.2, 0.25) is 0 Å². The van der Waals surface area contributed by atoms with Gasteiger partial charge in [-0.15, -0.1) is 5.54 Å². The van der Waals surface area contributed by atoms with Crippen LogP contribution in [0.4, 0.5) is 5.69 Å². The van der Waals surface area contributed by atoms with Crippen molar-refractivity contribution in [2.75, 3.05) is 13.9 Å². The molecule has 0 aliphatic heterocycles. The molecule has 4 aromatic rings. The zero-order valence-electron chi connectivity index (χ0n) is 24.9. The molecule has 206 valence electrons. The molecule has 0 heterocycles. The fraction of sp³-hybridized carbons (Fsp3) is 0.306. The topological polar surface area (TPSA) is 30.8 Å². The van der Waals surface area contributed by atoms with Gasteiger partial charge in [-0.1, -0.05) is 120 Å². The Bertz CT molecular complexity index is 1450. The van der Waals surface area contributed by atoms with Crippen molar-refractivity contribution >= 4 is 30.2 Å². The number of hydrogen-bond donors (Lipinski definition) is 0. The quantitative estimate of drug-likeness (QED) is 0.0904. The van der Waals surface area contributed by atoms with Crippen LogP contribution in [0.1, 0.15) is 58.2 Å². The third kappa shape index (κ3) is 6.22. The smallest absolute Gasteiger partial charge is 0.188 e. The summed E-state index contributed by atoms with van der Waals surface area (Å²) >= 11 is 0. The average Bonchev–Trinajstić information content (AvgIpc) is 2.95. The minimum absolute atomic E-state index is 0.170. The van der Waals surface area contributed by atoms with Crippen molar-refractivity contribution in [1.29, 1.82) is 0 Å². The van der Waals surface area contributed by atoms with Gasteiger partial charge in [-0.2, -0.15) is 0 Å². The van der Waals surface area contributed by atoms with E-state index in [1.54, 1.807) is 7.11 Å². The number of ether oxygens (including phenoxy) is 2. The Morgan fingerprint density at radius 2 is 1.32 bits per heavy atom. The molecule has 0 bridgehead atoms. The second-order valence-electron chi connectivity index (χ2n) is 11.2. The molecular weight excluding hydrogens is 506 g/mol. The molecule has 0 saturated carbocycles. The fourth-order valence-electron chi connectivity index (χ4n) is 6.00. The Morgan fingerprint density at radius 3 is 1.85 bits per heavy atom. The van der Waals surface area contributed by atoms with Gasteiger partial charge in [0.1, 0.15) is 13.8 Å². The number of rotatable bonds is 9. The van der Waals surface area contributed by atoms with Crippen molar-refractivity contribution in [2.24, 2.45) is 4.99 Å². The number of nitrogens with zero attached hydrogens (tertiary/aromatic N) is 1. The van der Waals surface area contributed by atoms with Crippen molar-refractivity contribution in [2.45, 2.75) is 58.2 Å². The minimum atomic E-state index is -1.92. The lowest BCUT2D eigenvalue weighted by atomic mass is 10.00. The van der Waals surface area contributed by atoms with E-state index in [1.807, 2.05) is 18.2 Å². The van der Waals surface area contributed by atoms with E-state index in [4.69, 9.17) is 14.5 Å². The first-order valence-corrected chi connectivity index (χ1v) is 16.4. The van der Waals surface area contributed by atoms with Gasteiger partial charge in [0, 0.05) is 35.3 Å². The van der Waals surface area contributed by atoms with E-state index in [9.17, 15) is 0 Å². The second-order valence-corrected chi connectivity index (χ2v) is 16.8. The monoisotopic (exact) mass is 547 g/mol. The van der Waals surface area contributed by atoms with Crippen LogP contribution in [-0.2, 0) is 4.74 Å². The molecule has 40 heavy (non-hydrogen) atoms. The Labute approximate surface area is 241 Å². The van der Waals surface area contributed by atoms with Crippen LogP contribution in [0.5, 0.6) is 5.75 Å². The van der Waals surface area contributed by atoms with Crippen LogP contribution in [0.3, 0.4) is 0 Å². The largest absolute Gasteiger partial charge is 0.467 e. The van der Waals surface area contributed by atoms with E-state index in [0.29, 0.717) is 22.4 Å². The van der Waals surface area contributed by atoms with Gasteiger partial charge >= 0.3 is 0 Å². The molecule has 0 aliphatic rings. The highest BCUT2D eigenvalue weighted by Gasteiger charge is 2.41. The Morgan fingerprint density at radius 1 is 0.750 bits per heavy atom. The zero-order valence-corrected chi connectivity index (χ0v) is 25.9. The molecule has 4 heteroatoms. The molecule has 0 amide bonds. The van der Waals surface area contributed by atoms with Crippen molar-refractivity contribution in [1.82, 2.24) is 0 Å². The van der Waals surface area contributed by atoms with Crippen LogP contribution in [0.15, 0.2) is 96.0 Å². The molecule has 4 aromatic carbocycles. The molecular formula is C36H41NO2Si. The van der Waals surface area contributed by atoms with Gasteiger partial charge < -0.3 is 9.47 Å². The molecule has 0 radical (unpaired) electrons. The summed E-state index contributed by atoms with van der Waals surface area (Å²) in [5.41, 5.74) is 10.5. The Kier molecular flexibility index (Phi) is 9.63. The number of fused-ring (bicyclic) bond motifs is 1. The summed E-state index contributed by atoms with van der Waals surface area (Å²) in [5, 5.41) is 2.09. The highest BCUT2D eigenvalue weighted by atomic mass is 28.3. The van der Waals surface area contributed by atoms with Gasteiger partial charge in [0.15, 0.2) is 6.79 Å². The summed E-state index contributed by atoms with van der Waals surface area (Å²) in [7, 11) is -0.289. The minimum Gasteiger partial charge on any atom is -0.467 e. The maximum absolute atomic E-state index is 5.92. The predicted molar refractivity (Wildman–Crippen MR) is 173 cm³/mol. The lowest BCUT2D eigenvalue weighted by molar-refractivity contribution is 0.0513. The van der Waals surface area contributed by atoms with Crippen molar-refractivity contribution < 1.29 is 9.47 Å². The van der Waals surface area contributed by atoms with Crippen molar-refractivity contribution in [3.8, 4) is 17.2 Å². The van der Waals surface area contributed by atoms with Crippen LogP contribution in [0.2, 0.25) is 16.6 Å². The van der Waals surface area contributed by atoms with Gasteiger partial charge in [0.25, 0.3) is 0 Å². The predicted octanol–water partition coefficient (Wildman–Crippen LogP) is 9.56. The van der Waals surface area contributed by atoms with Crippen LogP contribution in [-0.4, -0.2) is 27.7 Å². The zero-order chi connectivity index (χ0) is 28.7. The van der Waals surface area contributed by atoms with Gasteiger partial charge in [0.05, 0.1) is 11.4 Å². The van der Waals surface area contributed by atoms with E-state index in [-0.39, 0.29) is 6.79 Å². The number of hydrogen-bond acceptors (Lipinski definition) is 3. The molecule has 0 aromatic heterocycles. The molecule has 0 unspecified atom stereocenters. The standard InChI is InChI=1S/C36H41NO2Si/c1-26(2)40(27(3)4,28(5)6)22-21-29-19-14-20-32-23-33(39-25-38-7)24-34(35(29)32)37-36(30-15-10-8-11-16-30)31-17-12-9-13-18-31/h8-20,23-24,26-28H,25H2,1-7H3. The van der Waals surface area contributed by atoms with E-state index < -0.39 is 8.07 Å². The Balaban J connectivity index is 2.02.